The van der Waals surface area contributed by atoms with Crippen molar-refractivity contribution in [3.8, 4) is 0 Å². The van der Waals surface area contributed by atoms with E-state index in [1.807, 2.05) is 14.1 Å². The maximum Gasteiger partial charge on any atom is 0.257 e. The minimum Gasteiger partial charge on any atom is -0.352 e. The summed E-state index contributed by atoms with van der Waals surface area (Å²) in [5.41, 5.74) is 1.37. The smallest absolute Gasteiger partial charge is 0.257 e. The minimum atomic E-state index is -0.295. The van der Waals surface area contributed by atoms with Gasteiger partial charge in [0.25, 0.3) is 11.8 Å². The van der Waals surface area contributed by atoms with E-state index in [1.165, 1.54) is 6.20 Å². The molecule has 1 heterocycles. The molecule has 0 aliphatic carbocycles. The fourth-order valence-corrected chi connectivity index (χ4v) is 2.17. The molecular formula is C18H22N4O2. The third-order valence-corrected chi connectivity index (χ3v) is 3.41. The Balaban J connectivity index is 2.01. The number of benzene rings is 1. The average Bonchev–Trinajstić information content (AvgIpc) is 2.59. The second-order valence-electron chi connectivity index (χ2n) is 5.65. The van der Waals surface area contributed by atoms with E-state index in [-0.39, 0.29) is 11.8 Å². The van der Waals surface area contributed by atoms with Gasteiger partial charge >= 0.3 is 0 Å². The molecular weight excluding hydrogens is 304 g/mol. The molecule has 0 aliphatic rings. The molecule has 0 bridgehead atoms. The number of aromatic nitrogens is 1. The third-order valence-electron chi connectivity index (χ3n) is 3.41. The molecule has 1 aromatic carbocycles. The van der Waals surface area contributed by atoms with Gasteiger partial charge in [-0.2, -0.15) is 0 Å². The van der Waals surface area contributed by atoms with Crippen LogP contribution in [0.5, 0.6) is 0 Å². The molecule has 6 heteroatoms. The fraction of sp³-hybridized carbons (Fsp3) is 0.278. The first kappa shape index (κ1) is 17.6. The van der Waals surface area contributed by atoms with Crippen LogP contribution in [0, 0.1) is 0 Å². The second-order valence-corrected chi connectivity index (χ2v) is 5.65. The first-order valence-corrected chi connectivity index (χ1v) is 7.81. The summed E-state index contributed by atoms with van der Waals surface area (Å²) >= 11 is 0. The summed E-state index contributed by atoms with van der Waals surface area (Å²) in [6.45, 7) is 1.49. The van der Waals surface area contributed by atoms with Gasteiger partial charge in [0, 0.05) is 18.9 Å². The van der Waals surface area contributed by atoms with Crippen LogP contribution in [0.1, 0.15) is 27.1 Å². The van der Waals surface area contributed by atoms with Crippen molar-refractivity contribution in [2.24, 2.45) is 0 Å². The highest BCUT2D eigenvalue weighted by Crippen LogP contribution is 2.16. The van der Waals surface area contributed by atoms with E-state index in [0.29, 0.717) is 23.4 Å². The summed E-state index contributed by atoms with van der Waals surface area (Å²) in [5.74, 6) is -0.494. The zero-order valence-electron chi connectivity index (χ0n) is 14.0. The van der Waals surface area contributed by atoms with Crippen LogP contribution in [0.15, 0.2) is 48.8 Å². The fourth-order valence-electron chi connectivity index (χ4n) is 2.17. The Labute approximate surface area is 141 Å². The first-order chi connectivity index (χ1) is 11.6. The minimum absolute atomic E-state index is 0.198. The SMILES string of the molecule is CN(C)CCCNC(=O)c1ccccc1NC(=O)c1cccnc1. The molecule has 1 aromatic heterocycles. The van der Waals surface area contributed by atoms with Crippen LogP contribution in [-0.2, 0) is 0 Å². The van der Waals surface area contributed by atoms with Gasteiger partial charge in [0.15, 0.2) is 0 Å². The van der Waals surface area contributed by atoms with Crippen LogP contribution >= 0.6 is 0 Å². The van der Waals surface area contributed by atoms with Gasteiger partial charge < -0.3 is 15.5 Å². The number of carbonyl (C=O) groups excluding carboxylic acids is 2. The second kappa shape index (κ2) is 8.79. The van der Waals surface area contributed by atoms with Crippen molar-refractivity contribution in [3.63, 3.8) is 0 Å². The molecule has 126 valence electrons. The third kappa shape index (κ3) is 5.17. The highest BCUT2D eigenvalue weighted by Gasteiger charge is 2.13. The van der Waals surface area contributed by atoms with Crippen LogP contribution in [0.2, 0.25) is 0 Å². The number of hydrogen-bond acceptors (Lipinski definition) is 4. The Morgan fingerprint density at radius 1 is 1.08 bits per heavy atom. The maximum atomic E-state index is 12.3. The van der Waals surface area contributed by atoms with E-state index >= 15 is 0 Å². The Morgan fingerprint density at radius 3 is 2.58 bits per heavy atom. The number of amides is 2. The maximum absolute atomic E-state index is 12.3. The largest absolute Gasteiger partial charge is 0.352 e. The van der Waals surface area contributed by atoms with E-state index < -0.39 is 0 Å². The molecule has 0 saturated carbocycles. The van der Waals surface area contributed by atoms with E-state index in [9.17, 15) is 9.59 Å². The van der Waals surface area contributed by atoms with Crippen molar-refractivity contribution in [2.75, 3.05) is 32.5 Å². The molecule has 24 heavy (non-hydrogen) atoms. The Hall–Kier alpha value is -2.73. The molecule has 2 N–H and O–H groups in total. The van der Waals surface area contributed by atoms with Crippen molar-refractivity contribution < 1.29 is 9.59 Å². The van der Waals surface area contributed by atoms with Gasteiger partial charge in [-0.1, -0.05) is 12.1 Å². The number of carbonyl (C=O) groups is 2. The van der Waals surface area contributed by atoms with E-state index in [2.05, 4.69) is 20.5 Å². The molecule has 0 radical (unpaired) electrons. The van der Waals surface area contributed by atoms with E-state index in [4.69, 9.17) is 0 Å². The van der Waals surface area contributed by atoms with Gasteiger partial charge in [-0.25, -0.2) is 0 Å². The van der Waals surface area contributed by atoms with Gasteiger partial charge in [-0.3, -0.25) is 14.6 Å². The van der Waals surface area contributed by atoms with Crippen molar-refractivity contribution in [1.29, 1.82) is 0 Å². The lowest BCUT2D eigenvalue weighted by atomic mass is 10.1. The lowest BCUT2D eigenvalue weighted by Crippen LogP contribution is -2.28. The summed E-state index contributed by atoms with van der Waals surface area (Å²) in [7, 11) is 3.98. The molecule has 6 nitrogen and oxygen atoms in total. The van der Waals surface area contributed by atoms with Crippen molar-refractivity contribution >= 4 is 17.5 Å². The Bertz CT molecular complexity index is 686. The zero-order valence-corrected chi connectivity index (χ0v) is 14.0. The van der Waals surface area contributed by atoms with Gasteiger partial charge in [-0.05, 0) is 51.3 Å². The first-order valence-electron chi connectivity index (χ1n) is 7.81. The predicted molar refractivity (Wildman–Crippen MR) is 94.1 cm³/mol. The highest BCUT2D eigenvalue weighted by molar-refractivity contribution is 6.08. The lowest BCUT2D eigenvalue weighted by Gasteiger charge is -2.12. The molecule has 0 saturated heterocycles. The molecule has 0 spiro atoms. The normalized spacial score (nSPS) is 10.5. The monoisotopic (exact) mass is 326 g/mol. The van der Waals surface area contributed by atoms with Gasteiger partial charge in [0.2, 0.25) is 0 Å². The predicted octanol–water partition coefficient (Wildman–Crippen LogP) is 2.02. The number of anilines is 1. The van der Waals surface area contributed by atoms with Crippen molar-refractivity contribution in [3.05, 3.63) is 59.9 Å². The summed E-state index contributed by atoms with van der Waals surface area (Å²) in [4.78, 5) is 30.6. The summed E-state index contributed by atoms with van der Waals surface area (Å²) < 4.78 is 0. The van der Waals surface area contributed by atoms with Crippen LogP contribution < -0.4 is 10.6 Å². The van der Waals surface area contributed by atoms with Crippen LogP contribution in [0.3, 0.4) is 0 Å². The summed E-state index contributed by atoms with van der Waals surface area (Å²) in [5, 5.41) is 5.65. The molecule has 2 rings (SSSR count). The zero-order chi connectivity index (χ0) is 17.4. The quantitative estimate of drug-likeness (QED) is 0.763. The van der Waals surface area contributed by atoms with Crippen LogP contribution in [0.25, 0.3) is 0 Å². The Kier molecular flexibility index (Phi) is 6.45. The van der Waals surface area contributed by atoms with Gasteiger partial charge in [0.05, 0.1) is 16.8 Å². The van der Waals surface area contributed by atoms with Crippen molar-refractivity contribution in [1.82, 2.24) is 15.2 Å². The number of pyridine rings is 1. The van der Waals surface area contributed by atoms with Gasteiger partial charge in [-0.15, -0.1) is 0 Å². The van der Waals surface area contributed by atoms with Crippen LogP contribution in [-0.4, -0.2) is 48.9 Å². The average molecular weight is 326 g/mol. The van der Waals surface area contributed by atoms with E-state index in [1.54, 1.807) is 42.6 Å². The number of rotatable bonds is 7. The number of nitrogens with zero attached hydrogens (tertiary/aromatic N) is 2. The number of nitrogens with one attached hydrogen (secondary N) is 2. The molecule has 0 fully saturated rings. The van der Waals surface area contributed by atoms with Gasteiger partial charge in [0.1, 0.15) is 0 Å². The molecule has 0 atom stereocenters. The summed E-state index contributed by atoms with van der Waals surface area (Å²) in [6, 6.07) is 10.3. The van der Waals surface area contributed by atoms with Crippen molar-refractivity contribution in [2.45, 2.75) is 6.42 Å². The topological polar surface area (TPSA) is 74.3 Å². The van der Waals surface area contributed by atoms with E-state index in [0.717, 1.165) is 13.0 Å². The Morgan fingerprint density at radius 2 is 1.88 bits per heavy atom. The summed E-state index contributed by atoms with van der Waals surface area (Å²) in [6.07, 6.45) is 3.95. The highest BCUT2D eigenvalue weighted by atomic mass is 16.2. The number of hydrogen-bond donors (Lipinski definition) is 2. The molecule has 0 unspecified atom stereocenters. The molecule has 2 aromatic rings. The molecule has 2 amide bonds. The standard InChI is InChI=1S/C18H22N4O2/c1-22(2)12-6-11-20-18(24)15-8-3-4-9-16(15)21-17(23)14-7-5-10-19-13-14/h3-5,7-10,13H,6,11-12H2,1-2H3,(H,20,24)(H,21,23). The molecule has 0 aliphatic heterocycles. The number of para-hydroxylation sites is 1. The van der Waals surface area contributed by atoms with Crippen LogP contribution in [0.4, 0.5) is 5.69 Å². The lowest BCUT2D eigenvalue weighted by molar-refractivity contribution is 0.0953.